The van der Waals surface area contributed by atoms with Gasteiger partial charge in [-0.2, -0.15) is 13.2 Å². The molecule has 0 bridgehead atoms. The number of carbonyl (C=O) groups excluding carboxylic acids is 1. The number of thiazole rings is 1. The van der Waals surface area contributed by atoms with Crippen molar-refractivity contribution < 1.29 is 27.4 Å². The van der Waals surface area contributed by atoms with E-state index < -0.39 is 35.0 Å². The molecule has 0 spiro atoms. The number of rotatable bonds is 7. The molecule has 12 heteroatoms. The van der Waals surface area contributed by atoms with E-state index in [0.717, 1.165) is 21.5 Å². The van der Waals surface area contributed by atoms with Gasteiger partial charge in [-0.25, -0.2) is 9.79 Å². The second-order valence-electron chi connectivity index (χ2n) is 9.03. The van der Waals surface area contributed by atoms with Gasteiger partial charge in [-0.3, -0.25) is 9.36 Å². The Morgan fingerprint density at radius 2 is 1.74 bits per heavy atom. The Morgan fingerprint density at radius 1 is 1.05 bits per heavy atom. The summed E-state index contributed by atoms with van der Waals surface area (Å²) in [5.41, 5.74) is -1.34. The zero-order valence-corrected chi connectivity index (χ0v) is 24.2. The monoisotopic (exact) mass is 632 g/mol. The van der Waals surface area contributed by atoms with Crippen LogP contribution < -0.4 is 19.6 Å². The summed E-state index contributed by atoms with van der Waals surface area (Å²) in [5.74, 6) is -0.790. The number of allylic oxidation sites excluding steroid dienone is 1. The maximum atomic E-state index is 14.3. The van der Waals surface area contributed by atoms with Crippen LogP contribution in [0.1, 0.15) is 29.7 Å². The van der Waals surface area contributed by atoms with Crippen LogP contribution >= 0.6 is 34.5 Å². The number of aromatic nitrogens is 1. The molecule has 1 aliphatic heterocycles. The molecule has 216 valence electrons. The zero-order valence-electron chi connectivity index (χ0n) is 21.8. The van der Waals surface area contributed by atoms with Gasteiger partial charge in [-0.1, -0.05) is 83.1 Å². The van der Waals surface area contributed by atoms with Gasteiger partial charge >= 0.3 is 12.1 Å². The maximum Gasteiger partial charge on any atom is 0.434 e. The van der Waals surface area contributed by atoms with Gasteiger partial charge in [0.1, 0.15) is 12.4 Å². The SMILES string of the molecule is CCOC(=O)C1=C(C(F)(F)F)N=c2s/c(=C/c3ccccc3OCc3ccccc3Cl)c(=O)n2[C@@H]1c1ccc(Cl)cc1. The topological polar surface area (TPSA) is 69.9 Å². The molecule has 0 N–H and O–H groups in total. The lowest BCUT2D eigenvalue weighted by molar-refractivity contribution is -0.140. The Labute approximate surface area is 251 Å². The van der Waals surface area contributed by atoms with Crippen LogP contribution in [-0.2, 0) is 16.1 Å². The van der Waals surface area contributed by atoms with Gasteiger partial charge in [-0.05, 0) is 42.8 Å². The average molecular weight is 633 g/mol. The molecule has 1 atom stereocenters. The highest BCUT2D eigenvalue weighted by molar-refractivity contribution is 7.07. The Kier molecular flexibility index (Phi) is 8.58. The minimum absolute atomic E-state index is 0.0909. The van der Waals surface area contributed by atoms with Crippen molar-refractivity contribution in [2.24, 2.45) is 4.99 Å². The van der Waals surface area contributed by atoms with E-state index in [0.29, 0.717) is 21.4 Å². The van der Waals surface area contributed by atoms with Crippen molar-refractivity contribution in [2.45, 2.75) is 25.7 Å². The molecule has 0 unspecified atom stereocenters. The van der Waals surface area contributed by atoms with Gasteiger partial charge in [0.2, 0.25) is 0 Å². The van der Waals surface area contributed by atoms with Crippen molar-refractivity contribution in [3.8, 4) is 5.75 Å². The van der Waals surface area contributed by atoms with Crippen LogP contribution in [0.15, 0.2) is 93.9 Å². The summed E-state index contributed by atoms with van der Waals surface area (Å²) in [5, 5.41) is 0.862. The van der Waals surface area contributed by atoms with Crippen molar-refractivity contribution in [3.05, 3.63) is 130 Å². The van der Waals surface area contributed by atoms with E-state index in [4.69, 9.17) is 32.7 Å². The third-order valence-electron chi connectivity index (χ3n) is 6.33. The van der Waals surface area contributed by atoms with Crippen molar-refractivity contribution in [2.75, 3.05) is 6.61 Å². The molecular formula is C30H21Cl2F3N2O4S. The number of nitrogens with zero attached hydrogens (tertiary/aromatic N) is 2. The average Bonchev–Trinajstić information content (AvgIpc) is 3.27. The smallest absolute Gasteiger partial charge is 0.434 e. The van der Waals surface area contributed by atoms with E-state index >= 15 is 0 Å². The summed E-state index contributed by atoms with van der Waals surface area (Å²) in [7, 11) is 0. The van der Waals surface area contributed by atoms with Gasteiger partial charge in [0.15, 0.2) is 10.5 Å². The van der Waals surface area contributed by atoms with Crippen molar-refractivity contribution in [1.29, 1.82) is 0 Å². The predicted octanol–water partition coefficient (Wildman–Crippen LogP) is 6.23. The molecule has 0 radical (unpaired) electrons. The first-order chi connectivity index (χ1) is 20.1. The summed E-state index contributed by atoms with van der Waals surface area (Å²) < 4.78 is 55.1. The van der Waals surface area contributed by atoms with E-state index in [9.17, 15) is 22.8 Å². The molecule has 1 aliphatic rings. The molecule has 2 heterocycles. The van der Waals surface area contributed by atoms with Gasteiger partial charge < -0.3 is 9.47 Å². The quantitative estimate of drug-likeness (QED) is 0.227. The summed E-state index contributed by atoms with van der Waals surface area (Å²) >= 11 is 13.0. The number of alkyl halides is 3. The number of esters is 1. The largest absolute Gasteiger partial charge is 0.488 e. The molecule has 3 aromatic carbocycles. The van der Waals surface area contributed by atoms with Crippen LogP contribution in [0.4, 0.5) is 13.2 Å². The minimum Gasteiger partial charge on any atom is -0.488 e. The number of ether oxygens (including phenoxy) is 2. The van der Waals surface area contributed by atoms with Crippen LogP contribution in [0.2, 0.25) is 10.0 Å². The Morgan fingerprint density at radius 3 is 2.43 bits per heavy atom. The minimum atomic E-state index is -5.00. The fourth-order valence-corrected chi connectivity index (χ4v) is 5.75. The lowest BCUT2D eigenvalue weighted by atomic mass is 9.95. The molecule has 0 fully saturated rings. The standard InChI is InChI=1S/C30H21Cl2F3N2O4S/c1-2-40-28(39)24-25(17-11-13-20(31)14-12-17)37-27(38)23(42-29(37)36-26(24)30(33,34)35)15-18-7-4-6-10-22(18)41-16-19-8-3-5-9-21(19)32/h3-15,25H,2,16H2,1H3/b23-15+/t25-/m1/s1. The highest BCUT2D eigenvalue weighted by Gasteiger charge is 2.45. The molecular weight excluding hydrogens is 612 g/mol. The number of halogens is 5. The van der Waals surface area contributed by atoms with Gasteiger partial charge in [0.05, 0.1) is 22.8 Å². The third-order valence-corrected chi connectivity index (χ3v) is 7.93. The van der Waals surface area contributed by atoms with Gasteiger partial charge in [0, 0.05) is 21.2 Å². The molecule has 0 aliphatic carbocycles. The van der Waals surface area contributed by atoms with Crippen molar-refractivity contribution in [1.82, 2.24) is 4.57 Å². The number of hydrogen-bond acceptors (Lipinski definition) is 6. The van der Waals surface area contributed by atoms with E-state index in [1.807, 2.05) is 12.1 Å². The summed E-state index contributed by atoms with van der Waals surface area (Å²) in [6.45, 7) is 1.46. The van der Waals surface area contributed by atoms with Gasteiger partial charge in [0.25, 0.3) is 5.56 Å². The lowest BCUT2D eigenvalue weighted by Crippen LogP contribution is -2.41. The molecule has 5 rings (SSSR count). The van der Waals surface area contributed by atoms with Crippen LogP contribution in [0.5, 0.6) is 5.75 Å². The summed E-state index contributed by atoms with van der Waals surface area (Å²) in [4.78, 5) is 30.3. The van der Waals surface area contributed by atoms with Crippen molar-refractivity contribution in [3.63, 3.8) is 0 Å². The second-order valence-corrected chi connectivity index (χ2v) is 10.9. The normalized spacial score (nSPS) is 15.3. The molecule has 1 aromatic heterocycles. The van der Waals surface area contributed by atoms with Crippen LogP contribution in [-0.4, -0.2) is 23.3 Å². The first kappa shape index (κ1) is 29.6. The van der Waals surface area contributed by atoms with E-state index in [1.165, 1.54) is 37.3 Å². The molecule has 0 saturated carbocycles. The van der Waals surface area contributed by atoms with Crippen molar-refractivity contribution >= 4 is 46.6 Å². The predicted molar refractivity (Wildman–Crippen MR) is 154 cm³/mol. The van der Waals surface area contributed by atoms with Crippen LogP contribution in [0.25, 0.3) is 6.08 Å². The highest BCUT2D eigenvalue weighted by Crippen LogP contribution is 2.38. The fraction of sp³-hybridized carbons (Fsp3) is 0.167. The Bertz CT molecular complexity index is 1860. The second kappa shape index (κ2) is 12.2. The number of fused-ring (bicyclic) bond motifs is 1. The molecule has 42 heavy (non-hydrogen) atoms. The maximum absolute atomic E-state index is 14.3. The first-order valence-corrected chi connectivity index (χ1v) is 14.2. The van der Waals surface area contributed by atoms with E-state index in [2.05, 4.69) is 4.99 Å². The Balaban J connectivity index is 1.67. The first-order valence-electron chi connectivity index (χ1n) is 12.6. The van der Waals surface area contributed by atoms with Crippen LogP contribution in [0, 0.1) is 0 Å². The van der Waals surface area contributed by atoms with E-state index in [-0.39, 0.29) is 28.1 Å². The number of para-hydroxylation sites is 1. The fourth-order valence-electron chi connectivity index (χ4n) is 4.44. The third kappa shape index (κ3) is 6.01. The Hall–Kier alpha value is -3.86. The highest BCUT2D eigenvalue weighted by atomic mass is 35.5. The van der Waals surface area contributed by atoms with E-state index in [1.54, 1.807) is 36.4 Å². The number of hydrogen-bond donors (Lipinski definition) is 0. The van der Waals surface area contributed by atoms with Gasteiger partial charge in [-0.15, -0.1) is 0 Å². The van der Waals surface area contributed by atoms with Crippen LogP contribution in [0.3, 0.4) is 0 Å². The zero-order chi connectivity index (χ0) is 30.0. The molecule has 0 saturated heterocycles. The molecule has 4 aromatic rings. The summed E-state index contributed by atoms with van der Waals surface area (Å²) in [6, 6.07) is 18.5. The molecule has 6 nitrogen and oxygen atoms in total. The lowest BCUT2D eigenvalue weighted by Gasteiger charge is -2.26. The summed E-state index contributed by atoms with van der Waals surface area (Å²) in [6.07, 6.45) is -3.48. The number of benzene rings is 3. The molecule has 0 amide bonds. The number of carbonyl (C=O) groups is 1.